The predicted molar refractivity (Wildman–Crippen MR) is 115 cm³/mol. The SMILES string of the molecule is O=C(NC1CCC(O)(c2ccccc2)CC1)N1CCCCC1c1nnc(C2CCC2)o1. The van der Waals surface area contributed by atoms with E-state index in [1.165, 1.54) is 6.42 Å². The number of hydrogen-bond acceptors (Lipinski definition) is 5. The maximum atomic E-state index is 13.2. The number of urea groups is 1. The minimum absolute atomic E-state index is 0.0526. The summed E-state index contributed by atoms with van der Waals surface area (Å²) in [6.07, 6.45) is 9.21. The van der Waals surface area contributed by atoms with Crippen LogP contribution in [0.15, 0.2) is 34.7 Å². The quantitative estimate of drug-likeness (QED) is 0.759. The van der Waals surface area contributed by atoms with Crippen LogP contribution in [0.5, 0.6) is 0 Å². The number of carbonyl (C=O) groups is 1. The molecule has 5 rings (SSSR count). The molecule has 166 valence electrons. The van der Waals surface area contributed by atoms with Gasteiger partial charge in [-0.05, 0) is 63.4 Å². The van der Waals surface area contributed by atoms with E-state index in [4.69, 9.17) is 4.42 Å². The van der Waals surface area contributed by atoms with E-state index in [0.29, 0.717) is 31.2 Å². The number of likely N-dealkylation sites (tertiary alicyclic amines) is 1. The lowest BCUT2D eigenvalue weighted by molar-refractivity contribution is -0.00808. The molecule has 0 radical (unpaired) electrons. The largest absolute Gasteiger partial charge is 0.423 e. The third-order valence-electron chi connectivity index (χ3n) is 7.41. The lowest BCUT2D eigenvalue weighted by Gasteiger charge is -2.39. The van der Waals surface area contributed by atoms with Crippen molar-refractivity contribution in [1.82, 2.24) is 20.4 Å². The van der Waals surface area contributed by atoms with E-state index in [9.17, 15) is 9.90 Å². The monoisotopic (exact) mass is 424 g/mol. The highest BCUT2D eigenvalue weighted by Gasteiger charge is 2.38. The molecule has 2 amide bonds. The number of aromatic nitrogens is 2. The fourth-order valence-electron chi connectivity index (χ4n) is 5.17. The smallest absolute Gasteiger partial charge is 0.318 e. The van der Waals surface area contributed by atoms with Gasteiger partial charge >= 0.3 is 6.03 Å². The summed E-state index contributed by atoms with van der Waals surface area (Å²) < 4.78 is 6.00. The Bertz CT molecular complexity index is 887. The molecule has 1 saturated heterocycles. The summed E-state index contributed by atoms with van der Waals surface area (Å²) in [7, 11) is 0. The Morgan fingerprint density at radius 2 is 1.74 bits per heavy atom. The zero-order valence-electron chi connectivity index (χ0n) is 18.0. The third kappa shape index (κ3) is 4.20. The molecule has 0 spiro atoms. The van der Waals surface area contributed by atoms with Crippen LogP contribution < -0.4 is 5.32 Å². The summed E-state index contributed by atoms with van der Waals surface area (Å²) in [5.74, 6) is 1.72. The summed E-state index contributed by atoms with van der Waals surface area (Å²) in [6, 6.07) is 9.75. The zero-order chi connectivity index (χ0) is 21.3. The molecule has 2 aliphatic carbocycles. The fraction of sp³-hybridized carbons (Fsp3) is 0.625. The van der Waals surface area contributed by atoms with Crippen molar-refractivity contribution in [3.05, 3.63) is 47.7 Å². The van der Waals surface area contributed by atoms with Crippen LogP contribution in [-0.2, 0) is 5.60 Å². The average molecular weight is 425 g/mol. The van der Waals surface area contributed by atoms with Crippen molar-refractivity contribution in [2.75, 3.05) is 6.54 Å². The zero-order valence-corrected chi connectivity index (χ0v) is 18.0. The van der Waals surface area contributed by atoms with Crippen LogP contribution in [0.1, 0.15) is 93.5 Å². The molecule has 1 aliphatic heterocycles. The molecule has 2 heterocycles. The molecule has 1 atom stereocenters. The number of carbonyl (C=O) groups excluding carboxylic acids is 1. The number of aliphatic hydroxyl groups is 1. The van der Waals surface area contributed by atoms with Crippen LogP contribution in [0.2, 0.25) is 0 Å². The first kappa shape index (κ1) is 20.5. The van der Waals surface area contributed by atoms with Crippen LogP contribution in [0, 0.1) is 0 Å². The summed E-state index contributed by atoms with van der Waals surface area (Å²) in [5, 5.41) is 22.8. The van der Waals surface area contributed by atoms with Gasteiger partial charge in [0, 0.05) is 18.5 Å². The molecule has 2 saturated carbocycles. The maximum Gasteiger partial charge on any atom is 0.318 e. The van der Waals surface area contributed by atoms with Crippen molar-refractivity contribution < 1.29 is 14.3 Å². The number of rotatable bonds is 4. The lowest BCUT2D eigenvalue weighted by atomic mass is 9.78. The number of amides is 2. The van der Waals surface area contributed by atoms with E-state index in [0.717, 1.165) is 56.4 Å². The Labute approximate surface area is 183 Å². The number of nitrogens with zero attached hydrogens (tertiary/aromatic N) is 3. The van der Waals surface area contributed by atoms with E-state index < -0.39 is 5.60 Å². The van der Waals surface area contributed by atoms with E-state index >= 15 is 0 Å². The summed E-state index contributed by atoms with van der Waals surface area (Å²) >= 11 is 0. The Kier molecular flexibility index (Phi) is 5.69. The summed E-state index contributed by atoms with van der Waals surface area (Å²) in [6.45, 7) is 0.707. The van der Waals surface area contributed by atoms with Crippen LogP contribution >= 0.6 is 0 Å². The van der Waals surface area contributed by atoms with Crippen LogP contribution in [0.3, 0.4) is 0 Å². The van der Waals surface area contributed by atoms with Gasteiger partial charge in [-0.3, -0.25) is 0 Å². The van der Waals surface area contributed by atoms with Gasteiger partial charge in [0.15, 0.2) is 0 Å². The van der Waals surface area contributed by atoms with Crippen LogP contribution in [-0.4, -0.2) is 38.8 Å². The van der Waals surface area contributed by atoms with Gasteiger partial charge in [0.1, 0.15) is 6.04 Å². The normalized spacial score (nSPS) is 29.4. The highest BCUT2D eigenvalue weighted by atomic mass is 16.4. The van der Waals surface area contributed by atoms with E-state index in [1.54, 1.807) is 0 Å². The highest BCUT2D eigenvalue weighted by molar-refractivity contribution is 5.75. The van der Waals surface area contributed by atoms with Gasteiger partial charge in [-0.1, -0.05) is 36.8 Å². The van der Waals surface area contributed by atoms with Gasteiger partial charge in [-0.25, -0.2) is 4.79 Å². The molecule has 2 aromatic rings. The van der Waals surface area contributed by atoms with E-state index in [2.05, 4.69) is 15.5 Å². The van der Waals surface area contributed by atoms with E-state index in [-0.39, 0.29) is 18.1 Å². The van der Waals surface area contributed by atoms with Gasteiger partial charge in [0.2, 0.25) is 11.8 Å². The molecule has 3 fully saturated rings. The van der Waals surface area contributed by atoms with Crippen LogP contribution in [0.4, 0.5) is 4.79 Å². The van der Waals surface area contributed by atoms with E-state index in [1.807, 2.05) is 35.2 Å². The van der Waals surface area contributed by atoms with Gasteiger partial charge in [0.25, 0.3) is 0 Å². The second-order valence-corrected chi connectivity index (χ2v) is 9.43. The van der Waals surface area contributed by atoms with Crippen molar-refractivity contribution in [3.8, 4) is 0 Å². The van der Waals surface area contributed by atoms with Gasteiger partial charge < -0.3 is 19.7 Å². The number of nitrogens with one attached hydrogen (secondary N) is 1. The van der Waals surface area contributed by atoms with Crippen molar-refractivity contribution >= 4 is 6.03 Å². The molecule has 7 nitrogen and oxygen atoms in total. The Morgan fingerprint density at radius 1 is 1.00 bits per heavy atom. The van der Waals surface area contributed by atoms with Crippen molar-refractivity contribution in [1.29, 1.82) is 0 Å². The average Bonchev–Trinajstić information content (AvgIpc) is 3.24. The van der Waals surface area contributed by atoms with Gasteiger partial charge in [0.05, 0.1) is 5.60 Å². The standard InChI is InChI=1S/C24H32N4O3/c29-23(25-19-12-14-24(30,15-13-19)18-9-2-1-3-10-18)28-16-5-4-11-20(28)22-27-26-21(31-22)17-7-6-8-17/h1-3,9-10,17,19-20,30H,4-8,11-16H2,(H,25,29). The Morgan fingerprint density at radius 3 is 2.45 bits per heavy atom. The first-order valence-electron chi connectivity index (χ1n) is 11.8. The van der Waals surface area contributed by atoms with Gasteiger partial charge in [-0.2, -0.15) is 0 Å². The number of benzene rings is 1. The highest BCUT2D eigenvalue weighted by Crippen LogP contribution is 2.39. The Balaban J connectivity index is 1.21. The third-order valence-corrected chi connectivity index (χ3v) is 7.41. The first-order chi connectivity index (χ1) is 15.1. The summed E-state index contributed by atoms with van der Waals surface area (Å²) in [4.78, 5) is 15.0. The molecule has 3 aliphatic rings. The molecule has 1 aromatic carbocycles. The minimum atomic E-state index is -0.794. The minimum Gasteiger partial charge on any atom is -0.423 e. The number of piperidine rings is 1. The maximum absolute atomic E-state index is 13.2. The lowest BCUT2D eigenvalue weighted by Crippen LogP contribution is -2.50. The molecular weight excluding hydrogens is 392 g/mol. The topological polar surface area (TPSA) is 91.5 Å². The molecule has 31 heavy (non-hydrogen) atoms. The fourth-order valence-corrected chi connectivity index (χ4v) is 5.17. The molecule has 2 N–H and O–H groups in total. The second-order valence-electron chi connectivity index (χ2n) is 9.43. The van der Waals surface area contributed by atoms with Crippen molar-refractivity contribution in [3.63, 3.8) is 0 Å². The van der Waals surface area contributed by atoms with Crippen LogP contribution in [0.25, 0.3) is 0 Å². The molecule has 1 aromatic heterocycles. The molecule has 1 unspecified atom stereocenters. The van der Waals surface area contributed by atoms with Crippen molar-refractivity contribution in [2.45, 2.75) is 87.8 Å². The summed E-state index contributed by atoms with van der Waals surface area (Å²) in [5.41, 5.74) is 0.173. The van der Waals surface area contributed by atoms with Crippen molar-refractivity contribution in [2.24, 2.45) is 0 Å². The predicted octanol–water partition coefficient (Wildman–Crippen LogP) is 4.40. The molecule has 7 heteroatoms. The second kappa shape index (κ2) is 8.61. The Hall–Kier alpha value is -2.41. The van der Waals surface area contributed by atoms with Gasteiger partial charge in [-0.15, -0.1) is 10.2 Å². The first-order valence-corrected chi connectivity index (χ1v) is 11.8. The number of hydrogen-bond donors (Lipinski definition) is 2. The molecular formula is C24H32N4O3. The molecule has 0 bridgehead atoms.